The third-order valence-electron chi connectivity index (χ3n) is 6.94. The van der Waals surface area contributed by atoms with Crippen LogP contribution in [0.1, 0.15) is 34.5 Å². The van der Waals surface area contributed by atoms with E-state index in [0.717, 1.165) is 48.2 Å². The molecule has 3 heterocycles. The topological polar surface area (TPSA) is 85.7 Å². The molecule has 0 saturated carbocycles. The van der Waals surface area contributed by atoms with Gasteiger partial charge in [-0.2, -0.15) is 5.10 Å². The summed E-state index contributed by atoms with van der Waals surface area (Å²) in [6.07, 6.45) is 3.23. The number of benzene rings is 2. The molecule has 0 aliphatic carbocycles. The van der Waals surface area contributed by atoms with E-state index in [-0.39, 0.29) is 12.0 Å². The number of amides is 2. The monoisotopic (exact) mass is 520 g/mol. The molecule has 8 nitrogen and oxygen atoms in total. The fourth-order valence-electron chi connectivity index (χ4n) is 4.93. The summed E-state index contributed by atoms with van der Waals surface area (Å²) in [4.78, 5) is 27.2. The first-order chi connectivity index (χ1) is 18.2. The van der Waals surface area contributed by atoms with Crippen molar-refractivity contribution >= 4 is 24.1 Å². The second kappa shape index (κ2) is 11.9. The number of nitrogens with zero attached hydrogens (tertiary/aromatic N) is 3. The van der Waals surface area contributed by atoms with E-state index in [1.165, 1.54) is 10.5 Å². The van der Waals surface area contributed by atoms with Crippen LogP contribution >= 0.6 is 11.8 Å². The maximum Gasteiger partial charge on any atom is 0.274 e. The number of thioether (sulfide) groups is 1. The van der Waals surface area contributed by atoms with Crippen molar-refractivity contribution in [1.29, 1.82) is 0 Å². The summed E-state index contributed by atoms with van der Waals surface area (Å²) < 4.78 is 13.0. The van der Waals surface area contributed by atoms with Gasteiger partial charge >= 0.3 is 0 Å². The molecule has 9 heteroatoms. The van der Waals surface area contributed by atoms with E-state index in [4.69, 9.17) is 14.6 Å². The van der Waals surface area contributed by atoms with Crippen LogP contribution in [0.25, 0.3) is 16.9 Å². The molecule has 194 valence electrons. The van der Waals surface area contributed by atoms with Crippen molar-refractivity contribution in [2.45, 2.75) is 36.0 Å². The lowest BCUT2D eigenvalue weighted by molar-refractivity contribution is -0.109. The first-order valence-corrected chi connectivity index (χ1v) is 13.7. The highest BCUT2D eigenvalue weighted by Gasteiger charge is 2.31. The molecule has 37 heavy (non-hydrogen) atoms. The molecule has 2 aliphatic heterocycles. The molecule has 2 amide bonds. The van der Waals surface area contributed by atoms with Crippen molar-refractivity contribution in [2.24, 2.45) is 0 Å². The second-order valence-electron chi connectivity index (χ2n) is 9.20. The van der Waals surface area contributed by atoms with E-state index in [9.17, 15) is 9.59 Å². The number of nitrogens with one attached hydrogen (secondary N) is 1. The smallest absolute Gasteiger partial charge is 0.274 e. The highest BCUT2D eigenvalue weighted by atomic mass is 32.2. The van der Waals surface area contributed by atoms with Gasteiger partial charge in [-0.3, -0.25) is 9.59 Å². The Hall–Kier alpha value is -3.14. The molecule has 5 rings (SSSR count). The molecule has 1 aromatic heterocycles. The number of rotatable bonds is 10. The van der Waals surface area contributed by atoms with Crippen molar-refractivity contribution in [3.8, 4) is 16.9 Å². The SMILES string of the molecule is COC(CCNC=O)CCc1cccc(-n2nc(C(=O)N3CCOCC3)c3c2-c2ccccc2SC3)c1. The molecule has 1 fully saturated rings. The predicted molar refractivity (Wildman–Crippen MR) is 143 cm³/mol. The summed E-state index contributed by atoms with van der Waals surface area (Å²) in [5.41, 5.74) is 5.74. The zero-order valence-electron chi connectivity index (χ0n) is 21.0. The Kier molecular flexibility index (Phi) is 8.23. The third-order valence-corrected chi connectivity index (χ3v) is 8.04. The average Bonchev–Trinajstić information content (AvgIpc) is 3.35. The second-order valence-corrected chi connectivity index (χ2v) is 10.2. The van der Waals surface area contributed by atoms with Crippen LogP contribution in [-0.2, 0) is 26.4 Å². The summed E-state index contributed by atoms with van der Waals surface area (Å²) in [5, 5.41) is 7.65. The Labute approximate surface area is 221 Å². The number of carbonyl (C=O) groups is 2. The molecule has 0 bridgehead atoms. The third kappa shape index (κ3) is 5.58. The largest absolute Gasteiger partial charge is 0.381 e. The van der Waals surface area contributed by atoms with Gasteiger partial charge in [0.05, 0.1) is 30.7 Å². The number of morpholine rings is 1. The van der Waals surface area contributed by atoms with Gasteiger partial charge in [0, 0.05) is 48.5 Å². The summed E-state index contributed by atoms with van der Waals surface area (Å²) in [6, 6.07) is 16.7. The lowest BCUT2D eigenvalue weighted by Gasteiger charge is -2.26. The lowest BCUT2D eigenvalue weighted by Crippen LogP contribution is -2.41. The van der Waals surface area contributed by atoms with Crippen LogP contribution in [0.4, 0.5) is 0 Å². The van der Waals surface area contributed by atoms with E-state index in [1.807, 2.05) is 27.8 Å². The maximum absolute atomic E-state index is 13.6. The van der Waals surface area contributed by atoms with Crippen LogP contribution in [0.5, 0.6) is 0 Å². The molecule has 1 N–H and O–H groups in total. The number of ether oxygens (including phenoxy) is 2. The first-order valence-electron chi connectivity index (χ1n) is 12.7. The van der Waals surface area contributed by atoms with E-state index in [2.05, 4.69) is 35.6 Å². The molecule has 0 radical (unpaired) electrons. The van der Waals surface area contributed by atoms with Gasteiger partial charge in [0.1, 0.15) is 0 Å². The molecule has 1 unspecified atom stereocenters. The highest BCUT2D eigenvalue weighted by molar-refractivity contribution is 7.98. The van der Waals surface area contributed by atoms with Gasteiger partial charge in [0.2, 0.25) is 6.41 Å². The van der Waals surface area contributed by atoms with Crippen LogP contribution in [-0.4, -0.2) is 73.1 Å². The van der Waals surface area contributed by atoms with Gasteiger partial charge in [-0.1, -0.05) is 30.3 Å². The number of aromatic nitrogens is 2. The van der Waals surface area contributed by atoms with Crippen molar-refractivity contribution in [2.75, 3.05) is 40.0 Å². The van der Waals surface area contributed by atoms with Crippen molar-refractivity contribution in [3.63, 3.8) is 0 Å². The van der Waals surface area contributed by atoms with Gasteiger partial charge in [-0.25, -0.2) is 4.68 Å². The molecule has 0 spiro atoms. The van der Waals surface area contributed by atoms with Crippen molar-refractivity contribution in [3.05, 3.63) is 65.4 Å². The van der Waals surface area contributed by atoms with E-state index in [1.54, 1.807) is 18.9 Å². The fourth-order valence-corrected chi connectivity index (χ4v) is 6.00. The van der Waals surface area contributed by atoms with E-state index >= 15 is 0 Å². The number of aryl methyl sites for hydroxylation is 1. The number of hydrogen-bond donors (Lipinski definition) is 1. The zero-order valence-corrected chi connectivity index (χ0v) is 21.8. The number of carbonyl (C=O) groups excluding carboxylic acids is 2. The highest BCUT2D eigenvalue weighted by Crippen LogP contribution is 2.43. The molecule has 1 saturated heterocycles. The van der Waals surface area contributed by atoms with Gasteiger partial charge in [-0.15, -0.1) is 11.8 Å². The van der Waals surface area contributed by atoms with Crippen LogP contribution in [0, 0.1) is 0 Å². The number of hydrogen-bond acceptors (Lipinski definition) is 6. The Morgan fingerprint density at radius 2 is 2.03 bits per heavy atom. The average molecular weight is 521 g/mol. The minimum atomic E-state index is -0.0266. The molecular weight excluding hydrogens is 488 g/mol. The van der Waals surface area contributed by atoms with Crippen LogP contribution < -0.4 is 5.32 Å². The normalized spacial score (nSPS) is 15.5. The van der Waals surface area contributed by atoms with E-state index in [0.29, 0.717) is 44.3 Å². The van der Waals surface area contributed by atoms with Crippen molar-refractivity contribution in [1.82, 2.24) is 20.0 Å². The predicted octanol–water partition coefficient (Wildman–Crippen LogP) is 3.70. The van der Waals surface area contributed by atoms with Crippen molar-refractivity contribution < 1.29 is 19.1 Å². The molecule has 2 aliphatic rings. The minimum Gasteiger partial charge on any atom is -0.381 e. The number of methoxy groups -OCH3 is 1. The summed E-state index contributed by atoms with van der Waals surface area (Å²) in [6.45, 7) is 2.88. The Morgan fingerprint density at radius 1 is 1.19 bits per heavy atom. The summed E-state index contributed by atoms with van der Waals surface area (Å²) >= 11 is 1.75. The van der Waals surface area contributed by atoms with Gasteiger partial charge in [-0.05, 0) is 43.0 Å². The minimum absolute atomic E-state index is 0.0266. The molecule has 1 atom stereocenters. The van der Waals surface area contributed by atoms with Gasteiger partial charge in [0.15, 0.2) is 5.69 Å². The van der Waals surface area contributed by atoms with E-state index < -0.39 is 0 Å². The van der Waals surface area contributed by atoms with Crippen LogP contribution in [0.2, 0.25) is 0 Å². The fraction of sp³-hybridized carbons (Fsp3) is 0.393. The molecule has 3 aromatic rings. The lowest BCUT2D eigenvalue weighted by atomic mass is 10.0. The summed E-state index contributed by atoms with van der Waals surface area (Å²) in [7, 11) is 1.71. The summed E-state index contributed by atoms with van der Waals surface area (Å²) in [5.74, 6) is 0.684. The van der Waals surface area contributed by atoms with Crippen LogP contribution in [0.15, 0.2) is 53.4 Å². The Balaban J connectivity index is 1.47. The van der Waals surface area contributed by atoms with Crippen LogP contribution in [0.3, 0.4) is 0 Å². The quantitative estimate of drug-likeness (QED) is 0.324. The van der Waals surface area contributed by atoms with Gasteiger partial charge in [0.25, 0.3) is 5.91 Å². The Morgan fingerprint density at radius 3 is 2.84 bits per heavy atom. The standard InChI is InChI=1S/C28H32N4O4S/c1-35-22(11-12-29-19-33)10-9-20-5-4-6-21(17-20)32-27-23-7-2-3-8-25(23)37-18-24(27)26(30-32)28(34)31-13-15-36-16-14-31/h2-8,17,19,22H,9-16,18H2,1H3,(H,29,33). The zero-order chi connectivity index (χ0) is 25.6. The first kappa shape index (κ1) is 25.5. The Bertz CT molecular complexity index is 1250. The molecular formula is C28H32N4O4S. The maximum atomic E-state index is 13.6. The molecule has 2 aromatic carbocycles. The number of fused-ring (bicyclic) bond motifs is 3. The van der Waals surface area contributed by atoms with Gasteiger partial charge < -0.3 is 19.7 Å².